The van der Waals surface area contributed by atoms with Gasteiger partial charge in [0.25, 0.3) is 0 Å². The lowest BCUT2D eigenvalue weighted by atomic mass is 10.1. The highest BCUT2D eigenvalue weighted by Crippen LogP contribution is 2.46. The molecule has 0 spiro atoms. The molecule has 1 aliphatic rings. The Labute approximate surface area is 112 Å². The maximum absolute atomic E-state index is 4.74. The van der Waals surface area contributed by atoms with E-state index in [0.717, 1.165) is 41.2 Å². The van der Waals surface area contributed by atoms with Crippen LogP contribution in [-0.2, 0) is 11.8 Å². The molecular weight excluding hydrogens is 278 g/mol. The lowest BCUT2D eigenvalue weighted by molar-refractivity contribution is 0.691. The van der Waals surface area contributed by atoms with Gasteiger partial charge in [-0.25, -0.2) is 9.97 Å². The van der Waals surface area contributed by atoms with E-state index in [4.69, 9.17) is 4.98 Å². The van der Waals surface area contributed by atoms with Crippen LogP contribution >= 0.6 is 15.9 Å². The summed E-state index contributed by atoms with van der Waals surface area (Å²) in [5.41, 5.74) is 1.37. The maximum Gasteiger partial charge on any atom is 0.144 e. The first kappa shape index (κ1) is 12.8. The topological polar surface area (TPSA) is 37.8 Å². The van der Waals surface area contributed by atoms with Crippen LogP contribution in [0.5, 0.6) is 0 Å². The van der Waals surface area contributed by atoms with Gasteiger partial charge in [0.2, 0.25) is 0 Å². The highest BCUT2D eigenvalue weighted by atomic mass is 79.9. The van der Waals surface area contributed by atoms with Crippen LogP contribution in [0.15, 0.2) is 4.47 Å². The molecule has 0 aliphatic heterocycles. The van der Waals surface area contributed by atoms with Gasteiger partial charge in [-0.1, -0.05) is 20.3 Å². The van der Waals surface area contributed by atoms with E-state index in [2.05, 4.69) is 47.0 Å². The third kappa shape index (κ3) is 2.62. The Kier molecular flexibility index (Phi) is 3.71. The van der Waals surface area contributed by atoms with Gasteiger partial charge >= 0.3 is 0 Å². The first-order chi connectivity index (χ1) is 8.10. The minimum atomic E-state index is 0.230. The van der Waals surface area contributed by atoms with E-state index in [1.165, 1.54) is 12.8 Å². The van der Waals surface area contributed by atoms with Crippen molar-refractivity contribution in [3.8, 4) is 0 Å². The van der Waals surface area contributed by atoms with E-state index in [-0.39, 0.29) is 5.41 Å². The summed E-state index contributed by atoms with van der Waals surface area (Å²) in [4.78, 5) is 9.41. The van der Waals surface area contributed by atoms with Crippen LogP contribution in [-0.4, -0.2) is 16.5 Å². The first-order valence-corrected chi connectivity index (χ1v) is 7.20. The number of rotatable bonds is 5. The number of nitrogens with one attached hydrogen (secondary N) is 1. The zero-order valence-corrected chi connectivity index (χ0v) is 12.4. The zero-order valence-electron chi connectivity index (χ0n) is 10.8. The summed E-state index contributed by atoms with van der Waals surface area (Å²) in [6, 6.07) is 0. The Balaban J connectivity index is 2.40. The molecule has 1 aliphatic carbocycles. The second-order valence-corrected chi connectivity index (χ2v) is 5.79. The zero-order chi connectivity index (χ0) is 12.5. The summed E-state index contributed by atoms with van der Waals surface area (Å²) < 4.78 is 1.04. The van der Waals surface area contributed by atoms with E-state index >= 15 is 0 Å². The van der Waals surface area contributed by atoms with Gasteiger partial charge < -0.3 is 5.32 Å². The molecule has 1 aromatic rings. The fourth-order valence-electron chi connectivity index (χ4n) is 1.86. The number of anilines is 1. The lowest BCUT2D eigenvalue weighted by Crippen LogP contribution is -2.13. The Hall–Kier alpha value is -0.640. The normalized spacial score (nSPS) is 16.9. The predicted molar refractivity (Wildman–Crippen MR) is 74.5 cm³/mol. The average Bonchev–Trinajstić information content (AvgIpc) is 3.04. The SMILES string of the molecule is CCCc1nc(C2(C)CC2)nc(NCC)c1Br. The Morgan fingerprint density at radius 2 is 2.00 bits per heavy atom. The molecule has 0 bridgehead atoms. The van der Waals surface area contributed by atoms with Crippen molar-refractivity contribution in [2.24, 2.45) is 0 Å². The molecule has 0 aromatic carbocycles. The van der Waals surface area contributed by atoms with Crippen molar-refractivity contribution in [1.82, 2.24) is 9.97 Å². The molecule has 1 aromatic heterocycles. The summed E-state index contributed by atoms with van der Waals surface area (Å²) in [6.07, 6.45) is 4.54. The van der Waals surface area contributed by atoms with Gasteiger partial charge in [-0.05, 0) is 42.1 Å². The number of aromatic nitrogens is 2. The summed E-state index contributed by atoms with van der Waals surface area (Å²) in [5.74, 6) is 1.97. The van der Waals surface area contributed by atoms with Gasteiger partial charge in [0.1, 0.15) is 11.6 Å². The Morgan fingerprint density at radius 1 is 1.29 bits per heavy atom. The molecule has 17 heavy (non-hydrogen) atoms. The fourth-order valence-corrected chi connectivity index (χ4v) is 2.38. The van der Waals surface area contributed by atoms with Crippen LogP contribution in [0.2, 0.25) is 0 Å². The van der Waals surface area contributed by atoms with Gasteiger partial charge in [0, 0.05) is 12.0 Å². The van der Waals surface area contributed by atoms with Crippen molar-refractivity contribution in [2.45, 2.75) is 51.9 Å². The minimum absolute atomic E-state index is 0.230. The van der Waals surface area contributed by atoms with Gasteiger partial charge in [-0.2, -0.15) is 0 Å². The van der Waals surface area contributed by atoms with Gasteiger partial charge in [-0.3, -0.25) is 0 Å². The number of hydrogen-bond acceptors (Lipinski definition) is 3. The second-order valence-electron chi connectivity index (χ2n) is 5.00. The smallest absolute Gasteiger partial charge is 0.144 e. The molecule has 0 amide bonds. The molecule has 2 rings (SSSR count). The highest BCUT2D eigenvalue weighted by molar-refractivity contribution is 9.10. The predicted octanol–water partition coefficient (Wildman–Crippen LogP) is 3.67. The molecule has 0 unspecified atom stereocenters. The van der Waals surface area contributed by atoms with Crippen LogP contribution in [0.4, 0.5) is 5.82 Å². The molecule has 1 fully saturated rings. The summed E-state index contributed by atoms with van der Waals surface area (Å²) in [6.45, 7) is 7.41. The van der Waals surface area contributed by atoms with E-state index in [0.29, 0.717) is 0 Å². The molecular formula is C13H20BrN3. The van der Waals surface area contributed by atoms with E-state index in [1.807, 2.05) is 0 Å². The minimum Gasteiger partial charge on any atom is -0.369 e. The van der Waals surface area contributed by atoms with E-state index in [1.54, 1.807) is 0 Å². The van der Waals surface area contributed by atoms with Crippen molar-refractivity contribution in [2.75, 3.05) is 11.9 Å². The number of halogens is 1. The van der Waals surface area contributed by atoms with E-state index in [9.17, 15) is 0 Å². The molecule has 0 saturated heterocycles. The molecule has 0 atom stereocenters. The molecule has 4 heteroatoms. The quantitative estimate of drug-likeness (QED) is 0.901. The number of nitrogens with zero attached hydrogens (tertiary/aromatic N) is 2. The van der Waals surface area contributed by atoms with Crippen molar-refractivity contribution in [3.05, 3.63) is 16.0 Å². The van der Waals surface area contributed by atoms with Crippen LogP contribution in [0.3, 0.4) is 0 Å². The maximum atomic E-state index is 4.74. The number of aryl methyl sites for hydroxylation is 1. The van der Waals surface area contributed by atoms with Gasteiger partial charge in [0.05, 0.1) is 10.2 Å². The fraction of sp³-hybridized carbons (Fsp3) is 0.692. The first-order valence-electron chi connectivity index (χ1n) is 6.41. The average molecular weight is 298 g/mol. The molecule has 94 valence electrons. The Bertz CT molecular complexity index is 386. The molecule has 1 heterocycles. The highest BCUT2D eigenvalue weighted by Gasteiger charge is 2.42. The van der Waals surface area contributed by atoms with E-state index < -0.39 is 0 Å². The van der Waals surface area contributed by atoms with Crippen LogP contribution in [0.25, 0.3) is 0 Å². The third-order valence-electron chi connectivity index (χ3n) is 3.29. The van der Waals surface area contributed by atoms with Crippen LogP contribution < -0.4 is 5.32 Å². The van der Waals surface area contributed by atoms with Gasteiger partial charge in [-0.15, -0.1) is 0 Å². The van der Waals surface area contributed by atoms with Gasteiger partial charge in [0.15, 0.2) is 0 Å². The second kappa shape index (κ2) is 4.92. The van der Waals surface area contributed by atoms with Crippen LogP contribution in [0, 0.1) is 0 Å². The lowest BCUT2D eigenvalue weighted by Gasteiger charge is -2.14. The van der Waals surface area contributed by atoms with Crippen molar-refractivity contribution in [1.29, 1.82) is 0 Å². The Morgan fingerprint density at radius 3 is 2.53 bits per heavy atom. The molecule has 1 N–H and O–H groups in total. The molecule has 3 nitrogen and oxygen atoms in total. The van der Waals surface area contributed by atoms with Crippen molar-refractivity contribution < 1.29 is 0 Å². The summed E-state index contributed by atoms with van der Waals surface area (Å²) >= 11 is 3.62. The molecule has 0 radical (unpaired) electrons. The largest absolute Gasteiger partial charge is 0.369 e. The van der Waals surface area contributed by atoms with Crippen molar-refractivity contribution in [3.63, 3.8) is 0 Å². The summed E-state index contributed by atoms with van der Waals surface area (Å²) in [5, 5.41) is 3.32. The van der Waals surface area contributed by atoms with Crippen LogP contribution in [0.1, 0.15) is 51.6 Å². The molecule has 1 saturated carbocycles. The monoisotopic (exact) mass is 297 g/mol. The number of hydrogen-bond donors (Lipinski definition) is 1. The standard InChI is InChI=1S/C13H20BrN3/c1-4-6-9-10(14)11(15-5-2)17-12(16-9)13(3)7-8-13/h4-8H2,1-3H3,(H,15,16,17). The van der Waals surface area contributed by atoms with Crippen molar-refractivity contribution >= 4 is 21.7 Å². The third-order valence-corrected chi connectivity index (χ3v) is 4.12. The summed E-state index contributed by atoms with van der Waals surface area (Å²) in [7, 11) is 0.